The summed E-state index contributed by atoms with van der Waals surface area (Å²) in [4.78, 5) is 41.8. The number of carbonyl (C=O) groups is 3. The Kier molecular flexibility index (Phi) is 8.02. The number of nitrogens with one attached hydrogen (secondary N) is 2. The molecule has 3 amide bonds. The minimum absolute atomic E-state index is 0.0111. The topological polar surface area (TPSA) is 190 Å². The van der Waals surface area contributed by atoms with Gasteiger partial charge >= 0.3 is 6.01 Å². The van der Waals surface area contributed by atoms with Crippen LogP contribution in [0.1, 0.15) is 47.4 Å². The van der Waals surface area contributed by atoms with Crippen LogP contribution in [0.15, 0.2) is 62.8 Å². The van der Waals surface area contributed by atoms with Gasteiger partial charge < -0.3 is 15.5 Å². The molecule has 1 aliphatic heterocycles. The molecule has 0 saturated carbocycles. The second-order valence-electron chi connectivity index (χ2n) is 7.91. The summed E-state index contributed by atoms with van der Waals surface area (Å²) in [5.41, 5.74) is 6.31. The van der Waals surface area contributed by atoms with Crippen LogP contribution in [0.25, 0.3) is 5.70 Å². The summed E-state index contributed by atoms with van der Waals surface area (Å²) in [6.45, 7) is 7.59. The number of sulfone groups is 1. The Balaban J connectivity index is 1.73. The van der Waals surface area contributed by atoms with Crippen molar-refractivity contribution in [2.45, 2.75) is 26.0 Å². The number of aromatic nitrogens is 2. The summed E-state index contributed by atoms with van der Waals surface area (Å²) in [5.74, 6) is -2.32. The maximum atomic E-state index is 12.5. The lowest BCUT2D eigenvalue weighted by molar-refractivity contribution is -0.116. The van der Waals surface area contributed by atoms with Gasteiger partial charge in [0.1, 0.15) is 12.4 Å². The number of hydrogen-bond acceptors (Lipinski definition) is 11. The third-order valence-electron chi connectivity index (χ3n) is 5.12. The number of fused-ring (bicyclic) bond motifs is 1. The van der Waals surface area contributed by atoms with Gasteiger partial charge in [0.25, 0.3) is 17.7 Å². The zero-order valence-electron chi connectivity index (χ0n) is 20.3. The van der Waals surface area contributed by atoms with E-state index in [4.69, 9.17) is 10.2 Å². The van der Waals surface area contributed by atoms with Crippen LogP contribution >= 0.6 is 0 Å². The van der Waals surface area contributed by atoms with Crippen molar-refractivity contribution in [1.29, 1.82) is 0 Å². The summed E-state index contributed by atoms with van der Waals surface area (Å²) < 4.78 is 30.4. The molecule has 14 heteroatoms. The van der Waals surface area contributed by atoms with Gasteiger partial charge in [-0.2, -0.15) is 0 Å². The first-order chi connectivity index (χ1) is 17.5. The number of allylic oxidation sites excluding steroid dienone is 2. The fourth-order valence-electron chi connectivity index (χ4n) is 3.20. The van der Waals surface area contributed by atoms with Crippen LogP contribution < -0.4 is 16.4 Å². The number of anilines is 1. The molecular formula is C23H25N7O6S. The second kappa shape index (κ2) is 11.0. The summed E-state index contributed by atoms with van der Waals surface area (Å²) in [7, 11) is -3.60. The highest BCUT2D eigenvalue weighted by Crippen LogP contribution is 2.23. The van der Waals surface area contributed by atoms with E-state index in [0.717, 1.165) is 4.90 Å². The van der Waals surface area contributed by atoms with Crippen LogP contribution in [-0.2, 0) is 14.6 Å². The standard InChI is InChI=1S/C23H25N7O6S/c1-5-8-14(37(34,35)13(2)3)11-26-19(24)18(25-4)20-28-29-23(36-20)27-17(31)12-30-21(32)15-9-6-7-10-16(15)22(30)33/h5-11,13,26H,4,12,24H2,1-3H3,(H,27,29,31)/b8-5-,14-11+,19-18-. The van der Waals surface area contributed by atoms with Crippen molar-refractivity contribution in [3.63, 3.8) is 0 Å². The van der Waals surface area contributed by atoms with Crippen molar-refractivity contribution in [2.24, 2.45) is 10.7 Å². The Morgan fingerprint density at radius 1 is 1.22 bits per heavy atom. The third-order valence-corrected chi connectivity index (χ3v) is 7.27. The van der Waals surface area contributed by atoms with E-state index >= 15 is 0 Å². The molecule has 1 aliphatic rings. The molecule has 194 valence electrons. The molecule has 0 fully saturated rings. The van der Waals surface area contributed by atoms with Gasteiger partial charge in [-0.05, 0) is 45.7 Å². The van der Waals surface area contributed by atoms with Gasteiger partial charge in [0, 0.05) is 6.20 Å². The molecule has 0 atom stereocenters. The molecule has 37 heavy (non-hydrogen) atoms. The molecule has 13 nitrogen and oxygen atoms in total. The molecule has 0 aliphatic carbocycles. The molecule has 1 aromatic carbocycles. The average Bonchev–Trinajstić information content (AvgIpc) is 3.40. The molecule has 3 rings (SSSR count). The number of nitrogens with zero attached hydrogens (tertiary/aromatic N) is 4. The molecule has 2 aromatic rings. The molecule has 1 aromatic heterocycles. The highest BCUT2D eigenvalue weighted by Gasteiger charge is 2.36. The molecule has 0 unspecified atom stereocenters. The summed E-state index contributed by atoms with van der Waals surface area (Å²) in [5, 5.41) is 11.7. The van der Waals surface area contributed by atoms with E-state index in [9.17, 15) is 22.8 Å². The average molecular weight is 528 g/mol. The fraction of sp³-hybridized carbons (Fsp3) is 0.217. The lowest BCUT2D eigenvalue weighted by Gasteiger charge is -2.12. The smallest absolute Gasteiger partial charge is 0.322 e. The van der Waals surface area contributed by atoms with Crippen LogP contribution in [0.5, 0.6) is 0 Å². The Morgan fingerprint density at radius 3 is 2.38 bits per heavy atom. The highest BCUT2D eigenvalue weighted by atomic mass is 32.2. The van der Waals surface area contributed by atoms with Crippen LogP contribution in [0.4, 0.5) is 6.01 Å². The number of rotatable bonds is 10. The molecule has 0 radical (unpaired) electrons. The van der Waals surface area contributed by atoms with Crippen LogP contribution in [0, 0.1) is 0 Å². The van der Waals surface area contributed by atoms with Crippen LogP contribution in [0.2, 0.25) is 0 Å². The molecule has 0 saturated heterocycles. The van der Waals surface area contributed by atoms with Crippen molar-refractivity contribution in [3.05, 3.63) is 70.4 Å². The zero-order valence-corrected chi connectivity index (χ0v) is 21.1. The van der Waals surface area contributed by atoms with E-state index < -0.39 is 39.4 Å². The van der Waals surface area contributed by atoms with E-state index in [1.165, 1.54) is 24.4 Å². The van der Waals surface area contributed by atoms with Gasteiger partial charge in [-0.3, -0.25) is 29.6 Å². The number of hydrogen-bond donors (Lipinski definition) is 3. The van der Waals surface area contributed by atoms with Gasteiger partial charge in [0.2, 0.25) is 5.91 Å². The number of nitrogens with two attached hydrogens (primary N) is 1. The van der Waals surface area contributed by atoms with Crippen molar-refractivity contribution in [1.82, 2.24) is 20.4 Å². The largest absolute Gasteiger partial charge is 0.401 e. The monoisotopic (exact) mass is 527 g/mol. The molecular weight excluding hydrogens is 502 g/mol. The predicted octanol–water partition coefficient (Wildman–Crippen LogP) is 1.42. The van der Waals surface area contributed by atoms with E-state index in [-0.39, 0.29) is 39.5 Å². The minimum Gasteiger partial charge on any atom is -0.401 e. The number of amides is 3. The van der Waals surface area contributed by atoms with Gasteiger partial charge in [-0.25, -0.2) is 8.42 Å². The minimum atomic E-state index is -3.60. The van der Waals surface area contributed by atoms with E-state index in [2.05, 4.69) is 32.5 Å². The lowest BCUT2D eigenvalue weighted by atomic mass is 10.1. The normalized spacial score (nSPS) is 14.7. The third kappa shape index (κ3) is 5.64. The Morgan fingerprint density at radius 2 is 1.84 bits per heavy atom. The van der Waals surface area contributed by atoms with Crippen molar-refractivity contribution in [3.8, 4) is 0 Å². The van der Waals surface area contributed by atoms with E-state index in [0.29, 0.717) is 0 Å². The maximum Gasteiger partial charge on any atom is 0.322 e. The van der Waals surface area contributed by atoms with Gasteiger partial charge in [0.15, 0.2) is 15.5 Å². The van der Waals surface area contributed by atoms with Crippen molar-refractivity contribution in [2.75, 3.05) is 11.9 Å². The second-order valence-corrected chi connectivity index (χ2v) is 10.4. The number of aliphatic imine (C=N–C) groups is 1. The number of imide groups is 1. The molecule has 4 N–H and O–H groups in total. The van der Waals surface area contributed by atoms with E-state index in [1.807, 2.05) is 0 Å². The fourth-order valence-corrected chi connectivity index (χ4v) is 4.29. The predicted molar refractivity (Wildman–Crippen MR) is 135 cm³/mol. The van der Waals surface area contributed by atoms with Gasteiger partial charge in [0.05, 0.1) is 21.3 Å². The van der Waals surface area contributed by atoms with E-state index in [1.54, 1.807) is 39.0 Å². The lowest BCUT2D eigenvalue weighted by Crippen LogP contribution is -2.37. The molecule has 2 heterocycles. The Hall–Kier alpha value is -4.59. The quantitative estimate of drug-likeness (QED) is 0.231. The van der Waals surface area contributed by atoms with Crippen molar-refractivity contribution >= 4 is 46.0 Å². The summed E-state index contributed by atoms with van der Waals surface area (Å²) >= 11 is 0. The summed E-state index contributed by atoms with van der Waals surface area (Å²) in [6, 6.07) is 5.89. The zero-order chi connectivity index (χ0) is 27.3. The Bertz CT molecular complexity index is 1420. The van der Waals surface area contributed by atoms with Crippen LogP contribution in [-0.4, -0.2) is 59.7 Å². The van der Waals surface area contributed by atoms with Crippen LogP contribution in [0.3, 0.4) is 0 Å². The Labute approximate surface area is 212 Å². The highest BCUT2D eigenvalue weighted by molar-refractivity contribution is 7.96. The van der Waals surface area contributed by atoms with Crippen molar-refractivity contribution < 1.29 is 27.2 Å². The first-order valence-corrected chi connectivity index (χ1v) is 12.4. The number of carbonyl (C=O) groups excluding carboxylic acids is 3. The van der Waals surface area contributed by atoms with Gasteiger partial charge in [-0.15, -0.1) is 5.10 Å². The van der Waals surface area contributed by atoms with Gasteiger partial charge in [-0.1, -0.05) is 23.3 Å². The number of benzene rings is 1. The first-order valence-electron chi connectivity index (χ1n) is 10.9. The molecule has 0 bridgehead atoms. The molecule has 0 spiro atoms. The summed E-state index contributed by atoms with van der Waals surface area (Å²) in [6.07, 6.45) is 4.16. The maximum absolute atomic E-state index is 12.5. The first kappa shape index (κ1) is 27.0. The SMILES string of the molecule is C=N/C(=C(/N)N/C=C(\C=C/C)S(=O)(=O)C(C)C)c1nnc(NC(=O)CN2C(=O)c3ccccc3C2=O)o1.